The maximum absolute atomic E-state index is 12.9. The predicted molar refractivity (Wildman–Crippen MR) is 98.7 cm³/mol. The van der Waals surface area contributed by atoms with Gasteiger partial charge in [-0.3, -0.25) is 0 Å². The Kier molecular flexibility index (Phi) is 5.43. The topological polar surface area (TPSA) is 78.0 Å². The van der Waals surface area contributed by atoms with Gasteiger partial charge in [0.1, 0.15) is 0 Å². The molecule has 4 amide bonds. The molecule has 0 bridgehead atoms. The number of carbonyl (C=O) groups is 2. The van der Waals surface area contributed by atoms with Gasteiger partial charge < -0.3 is 4.90 Å². The number of urea groups is 2. The number of hydrogen-bond donors (Lipinski definition) is 0. The van der Waals surface area contributed by atoms with E-state index in [9.17, 15) is 18.0 Å². The smallest absolute Gasteiger partial charge is 0.324 e. The zero-order valence-corrected chi connectivity index (χ0v) is 16.2. The zero-order chi connectivity index (χ0) is 18.9. The molecule has 0 unspecified atom stereocenters. The van der Waals surface area contributed by atoms with Gasteiger partial charge in [-0.25, -0.2) is 27.2 Å². The SMILES string of the molecule is CS(=O)(=O)N1CCN(C(=O)N2CCCC[C@H](c3ccc(Cl)cc3)C2)C1=O. The van der Waals surface area contributed by atoms with Crippen LogP contribution in [0.2, 0.25) is 5.02 Å². The molecule has 0 radical (unpaired) electrons. The second-order valence-electron chi connectivity index (χ2n) is 6.74. The second kappa shape index (κ2) is 7.44. The average molecular weight is 400 g/mol. The molecule has 3 rings (SSSR count). The number of likely N-dealkylation sites (tertiary alicyclic amines) is 1. The van der Waals surface area contributed by atoms with Crippen LogP contribution in [0.3, 0.4) is 0 Å². The molecule has 0 N–H and O–H groups in total. The Labute approximate surface area is 158 Å². The van der Waals surface area contributed by atoms with Crippen molar-refractivity contribution in [3.63, 3.8) is 0 Å². The Bertz CT molecular complexity index is 797. The van der Waals surface area contributed by atoms with E-state index in [1.165, 1.54) is 0 Å². The summed E-state index contributed by atoms with van der Waals surface area (Å²) in [6, 6.07) is 6.43. The molecule has 2 saturated heterocycles. The number of carbonyl (C=O) groups excluding carboxylic acids is 2. The standard InChI is InChI=1S/C17H22ClN3O4S/c1-26(24,25)21-11-10-20(17(21)23)16(22)19-9-3-2-4-14(12-19)13-5-7-15(18)8-6-13/h5-8,14H,2-4,9-12H2,1H3/t14-/m0/s1. The van der Waals surface area contributed by atoms with Crippen LogP contribution in [-0.2, 0) is 10.0 Å². The highest BCUT2D eigenvalue weighted by Crippen LogP contribution is 2.28. The zero-order valence-electron chi connectivity index (χ0n) is 14.6. The van der Waals surface area contributed by atoms with Crippen molar-refractivity contribution < 1.29 is 18.0 Å². The summed E-state index contributed by atoms with van der Waals surface area (Å²) in [5.41, 5.74) is 1.11. The van der Waals surface area contributed by atoms with Gasteiger partial charge in [0.05, 0.1) is 19.3 Å². The minimum absolute atomic E-state index is 0.0118. The van der Waals surface area contributed by atoms with Gasteiger partial charge in [-0.05, 0) is 30.5 Å². The number of rotatable bonds is 2. The number of amides is 4. The van der Waals surface area contributed by atoms with Gasteiger partial charge in [0, 0.05) is 24.0 Å². The molecule has 2 aliphatic heterocycles. The molecule has 142 valence electrons. The van der Waals surface area contributed by atoms with Gasteiger partial charge in [-0.2, -0.15) is 0 Å². The lowest BCUT2D eigenvalue weighted by Crippen LogP contribution is -2.47. The Hall–Kier alpha value is -1.80. The molecule has 1 aromatic rings. The lowest BCUT2D eigenvalue weighted by molar-refractivity contribution is 0.161. The summed E-state index contributed by atoms with van der Waals surface area (Å²) >= 11 is 5.95. The number of benzene rings is 1. The fraction of sp³-hybridized carbons (Fsp3) is 0.529. The lowest BCUT2D eigenvalue weighted by atomic mass is 9.94. The summed E-state index contributed by atoms with van der Waals surface area (Å²) in [5.74, 6) is 0.169. The molecule has 0 aliphatic carbocycles. The van der Waals surface area contributed by atoms with Crippen LogP contribution in [0.25, 0.3) is 0 Å². The quantitative estimate of drug-likeness (QED) is 0.766. The summed E-state index contributed by atoms with van der Waals surface area (Å²) in [5, 5.41) is 0.666. The van der Waals surface area contributed by atoms with Crippen molar-refractivity contribution in [3.8, 4) is 0 Å². The third kappa shape index (κ3) is 3.96. The highest BCUT2D eigenvalue weighted by molar-refractivity contribution is 7.88. The van der Waals surface area contributed by atoms with E-state index in [4.69, 9.17) is 11.6 Å². The predicted octanol–water partition coefficient (Wildman–Crippen LogP) is 2.73. The summed E-state index contributed by atoms with van der Waals surface area (Å²) in [4.78, 5) is 27.9. The largest absolute Gasteiger partial charge is 0.341 e. The molecule has 2 heterocycles. The minimum atomic E-state index is -3.66. The van der Waals surface area contributed by atoms with Crippen LogP contribution in [0, 0.1) is 0 Å². The molecule has 9 heteroatoms. The van der Waals surface area contributed by atoms with E-state index in [0.29, 0.717) is 18.1 Å². The fourth-order valence-electron chi connectivity index (χ4n) is 3.50. The van der Waals surface area contributed by atoms with Gasteiger partial charge in [0.25, 0.3) is 0 Å². The molecule has 26 heavy (non-hydrogen) atoms. The van der Waals surface area contributed by atoms with Gasteiger partial charge in [0.15, 0.2) is 0 Å². The van der Waals surface area contributed by atoms with E-state index in [-0.39, 0.29) is 19.0 Å². The lowest BCUT2D eigenvalue weighted by Gasteiger charge is -2.28. The van der Waals surface area contributed by atoms with Crippen molar-refractivity contribution in [2.24, 2.45) is 0 Å². The molecule has 1 aromatic carbocycles. The molecular formula is C17H22ClN3O4S. The van der Waals surface area contributed by atoms with Gasteiger partial charge >= 0.3 is 12.1 Å². The van der Waals surface area contributed by atoms with Gasteiger partial charge in [-0.15, -0.1) is 0 Å². The van der Waals surface area contributed by atoms with Gasteiger partial charge in [-0.1, -0.05) is 30.2 Å². The molecule has 2 aliphatic rings. The first kappa shape index (κ1) is 19.0. The summed E-state index contributed by atoms with van der Waals surface area (Å²) in [6.45, 7) is 1.17. The van der Waals surface area contributed by atoms with Crippen molar-refractivity contribution in [1.29, 1.82) is 0 Å². The van der Waals surface area contributed by atoms with Gasteiger partial charge in [0.2, 0.25) is 10.0 Å². The first-order chi connectivity index (χ1) is 12.3. The monoisotopic (exact) mass is 399 g/mol. The van der Waals surface area contributed by atoms with Crippen LogP contribution in [-0.4, -0.2) is 67.0 Å². The third-order valence-electron chi connectivity index (χ3n) is 4.89. The summed E-state index contributed by atoms with van der Waals surface area (Å²) in [6.07, 6.45) is 3.77. The Morgan fingerprint density at radius 2 is 1.81 bits per heavy atom. The van der Waals surface area contributed by atoms with Crippen molar-refractivity contribution in [3.05, 3.63) is 34.9 Å². The first-order valence-corrected chi connectivity index (χ1v) is 10.8. The van der Waals surface area contributed by atoms with E-state index in [1.54, 1.807) is 4.90 Å². The average Bonchev–Trinajstić information content (AvgIpc) is 2.82. The molecular weight excluding hydrogens is 378 g/mol. The molecule has 0 aromatic heterocycles. The van der Waals surface area contributed by atoms with Crippen LogP contribution in [0.1, 0.15) is 30.7 Å². The number of sulfonamides is 1. The summed E-state index contributed by atoms with van der Waals surface area (Å²) in [7, 11) is -3.66. The van der Waals surface area contributed by atoms with Crippen molar-refractivity contribution in [2.45, 2.75) is 25.2 Å². The Balaban J connectivity index is 1.74. The fourth-order valence-corrected chi connectivity index (χ4v) is 4.42. The van der Waals surface area contributed by atoms with E-state index >= 15 is 0 Å². The van der Waals surface area contributed by atoms with E-state index in [2.05, 4.69) is 0 Å². The minimum Gasteiger partial charge on any atom is -0.324 e. The van der Waals surface area contributed by atoms with E-state index in [0.717, 1.165) is 40.3 Å². The van der Waals surface area contributed by atoms with Crippen molar-refractivity contribution >= 4 is 33.7 Å². The van der Waals surface area contributed by atoms with Crippen molar-refractivity contribution in [2.75, 3.05) is 32.4 Å². The third-order valence-corrected chi connectivity index (χ3v) is 6.28. The Morgan fingerprint density at radius 3 is 2.42 bits per heavy atom. The number of hydrogen-bond acceptors (Lipinski definition) is 4. The van der Waals surface area contributed by atoms with Crippen molar-refractivity contribution in [1.82, 2.24) is 14.1 Å². The molecule has 7 nitrogen and oxygen atoms in total. The summed E-state index contributed by atoms with van der Waals surface area (Å²) < 4.78 is 24.1. The van der Waals surface area contributed by atoms with Crippen LogP contribution >= 0.6 is 11.6 Å². The first-order valence-electron chi connectivity index (χ1n) is 8.61. The molecule has 0 saturated carbocycles. The van der Waals surface area contributed by atoms with E-state index < -0.39 is 22.1 Å². The maximum atomic E-state index is 12.9. The maximum Gasteiger partial charge on any atom is 0.341 e. The highest BCUT2D eigenvalue weighted by atomic mass is 35.5. The molecule has 2 fully saturated rings. The molecule has 1 atom stereocenters. The number of nitrogens with zero attached hydrogens (tertiary/aromatic N) is 3. The number of halogens is 1. The van der Waals surface area contributed by atoms with Crippen LogP contribution in [0.5, 0.6) is 0 Å². The second-order valence-corrected chi connectivity index (χ2v) is 9.09. The van der Waals surface area contributed by atoms with E-state index in [1.807, 2.05) is 24.3 Å². The van der Waals surface area contributed by atoms with Crippen LogP contribution in [0.4, 0.5) is 9.59 Å². The van der Waals surface area contributed by atoms with Crippen LogP contribution in [0.15, 0.2) is 24.3 Å². The van der Waals surface area contributed by atoms with Crippen LogP contribution < -0.4 is 0 Å². The Morgan fingerprint density at radius 1 is 1.12 bits per heavy atom. The highest BCUT2D eigenvalue weighted by Gasteiger charge is 2.40. The molecule has 0 spiro atoms. The number of imide groups is 1. The normalized spacial score (nSPS) is 21.8.